The van der Waals surface area contributed by atoms with Crippen molar-refractivity contribution in [3.8, 4) is 0 Å². The average molecular weight is 382 g/mol. The molecule has 0 aliphatic rings. The van der Waals surface area contributed by atoms with Crippen LogP contribution in [-0.2, 0) is 10.0 Å². The molecule has 6 heteroatoms. The molecule has 27 heavy (non-hydrogen) atoms. The largest absolute Gasteiger partial charge is 0.312 e. The Balaban J connectivity index is 1.49. The van der Waals surface area contributed by atoms with Gasteiger partial charge in [0.25, 0.3) is 0 Å². The standard InChI is InChI=1S/C21H23N3O2S/c1-17-7-9-18(10-8-17)4-3-12-22-14-15-24-27(25,26)21-6-2-5-19-16-23-13-11-20(19)21/h2-11,13,16,22,24H,12,14-15H2,1H3. The van der Waals surface area contributed by atoms with E-state index in [2.05, 4.69) is 46.2 Å². The van der Waals surface area contributed by atoms with Crippen molar-refractivity contribution in [2.45, 2.75) is 11.8 Å². The van der Waals surface area contributed by atoms with Crippen molar-refractivity contribution in [3.63, 3.8) is 0 Å². The maximum atomic E-state index is 12.6. The number of hydrogen-bond donors (Lipinski definition) is 2. The highest BCUT2D eigenvalue weighted by molar-refractivity contribution is 7.89. The van der Waals surface area contributed by atoms with Crippen LogP contribution in [0.2, 0.25) is 0 Å². The summed E-state index contributed by atoms with van der Waals surface area (Å²) in [7, 11) is -3.56. The van der Waals surface area contributed by atoms with E-state index >= 15 is 0 Å². The van der Waals surface area contributed by atoms with Crippen LogP contribution in [0.3, 0.4) is 0 Å². The van der Waals surface area contributed by atoms with E-state index in [0.717, 1.165) is 10.9 Å². The molecule has 0 aliphatic heterocycles. The summed E-state index contributed by atoms with van der Waals surface area (Å²) in [5.41, 5.74) is 2.38. The number of aromatic nitrogens is 1. The quantitative estimate of drug-likeness (QED) is 0.588. The van der Waals surface area contributed by atoms with Crippen molar-refractivity contribution in [1.29, 1.82) is 0 Å². The topological polar surface area (TPSA) is 71.1 Å². The van der Waals surface area contributed by atoms with Gasteiger partial charge in [-0.1, -0.05) is 54.1 Å². The molecule has 0 saturated carbocycles. The Kier molecular flexibility index (Phi) is 6.34. The fourth-order valence-electron chi connectivity index (χ4n) is 2.74. The van der Waals surface area contributed by atoms with E-state index in [0.29, 0.717) is 25.0 Å². The Bertz CT molecular complexity index is 1020. The van der Waals surface area contributed by atoms with Gasteiger partial charge in [0.15, 0.2) is 0 Å². The summed E-state index contributed by atoms with van der Waals surface area (Å²) in [5.74, 6) is 0. The summed E-state index contributed by atoms with van der Waals surface area (Å²) in [6.45, 7) is 3.60. The minimum Gasteiger partial charge on any atom is -0.312 e. The lowest BCUT2D eigenvalue weighted by Crippen LogP contribution is -2.32. The monoisotopic (exact) mass is 381 g/mol. The highest BCUT2D eigenvalue weighted by Gasteiger charge is 2.16. The third-order valence-corrected chi connectivity index (χ3v) is 5.69. The van der Waals surface area contributed by atoms with Crippen LogP contribution in [-0.4, -0.2) is 33.0 Å². The zero-order valence-corrected chi connectivity index (χ0v) is 16.0. The van der Waals surface area contributed by atoms with Crippen molar-refractivity contribution >= 4 is 26.9 Å². The van der Waals surface area contributed by atoms with Gasteiger partial charge in [-0.25, -0.2) is 13.1 Å². The third-order valence-electron chi connectivity index (χ3n) is 4.17. The van der Waals surface area contributed by atoms with Crippen molar-refractivity contribution in [1.82, 2.24) is 15.0 Å². The van der Waals surface area contributed by atoms with Gasteiger partial charge < -0.3 is 5.32 Å². The summed E-state index contributed by atoms with van der Waals surface area (Å²) in [4.78, 5) is 4.31. The smallest absolute Gasteiger partial charge is 0.241 e. The van der Waals surface area contributed by atoms with Crippen LogP contribution in [0, 0.1) is 6.92 Å². The Morgan fingerprint density at radius 1 is 1.04 bits per heavy atom. The number of pyridine rings is 1. The third kappa shape index (κ3) is 5.23. The van der Waals surface area contributed by atoms with Crippen molar-refractivity contribution in [3.05, 3.63) is 78.1 Å². The van der Waals surface area contributed by atoms with Gasteiger partial charge in [0.05, 0.1) is 4.90 Å². The molecule has 0 saturated heterocycles. The minimum absolute atomic E-state index is 0.279. The lowest BCUT2D eigenvalue weighted by molar-refractivity contribution is 0.579. The molecule has 0 aliphatic carbocycles. The summed E-state index contributed by atoms with van der Waals surface area (Å²) >= 11 is 0. The van der Waals surface area contributed by atoms with E-state index in [9.17, 15) is 8.42 Å². The van der Waals surface area contributed by atoms with Crippen LogP contribution in [0.5, 0.6) is 0 Å². The van der Waals surface area contributed by atoms with E-state index in [-0.39, 0.29) is 4.90 Å². The number of nitrogens with zero attached hydrogens (tertiary/aromatic N) is 1. The van der Waals surface area contributed by atoms with Crippen molar-refractivity contribution in [2.24, 2.45) is 0 Å². The Morgan fingerprint density at radius 3 is 2.67 bits per heavy atom. The molecule has 2 N–H and O–H groups in total. The first kappa shape index (κ1) is 19.2. The first-order valence-electron chi connectivity index (χ1n) is 8.82. The Morgan fingerprint density at radius 2 is 1.85 bits per heavy atom. The minimum atomic E-state index is -3.56. The molecule has 0 radical (unpaired) electrons. The highest BCUT2D eigenvalue weighted by atomic mass is 32.2. The lowest BCUT2D eigenvalue weighted by atomic mass is 10.1. The molecule has 0 fully saturated rings. The van der Waals surface area contributed by atoms with Gasteiger partial charge in [-0.15, -0.1) is 0 Å². The molecule has 1 heterocycles. The fraction of sp³-hybridized carbons (Fsp3) is 0.190. The predicted molar refractivity (Wildman–Crippen MR) is 110 cm³/mol. The van der Waals surface area contributed by atoms with E-state index in [1.807, 2.05) is 18.2 Å². The molecule has 3 rings (SSSR count). The molecule has 1 aromatic heterocycles. The molecule has 0 unspecified atom stereocenters. The molecule has 0 spiro atoms. The second-order valence-electron chi connectivity index (χ2n) is 6.27. The fourth-order valence-corrected chi connectivity index (χ4v) is 4.00. The second-order valence-corrected chi connectivity index (χ2v) is 8.00. The molecule has 3 aromatic rings. The number of sulfonamides is 1. The van der Waals surface area contributed by atoms with Gasteiger partial charge in [-0.3, -0.25) is 4.98 Å². The van der Waals surface area contributed by atoms with Crippen LogP contribution >= 0.6 is 0 Å². The molecule has 2 aromatic carbocycles. The second kappa shape index (κ2) is 8.90. The van der Waals surface area contributed by atoms with E-state index in [4.69, 9.17) is 0 Å². The summed E-state index contributed by atoms with van der Waals surface area (Å²) in [6.07, 6.45) is 7.33. The number of rotatable bonds is 8. The van der Waals surface area contributed by atoms with Gasteiger partial charge >= 0.3 is 0 Å². The van der Waals surface area contributed by atoms with Gasteiger partial charge in [0.2, 0.25) is 10.0 Å². The van der Waals surface area contributed by atoms with Crippen LogP contribution < -0.4 is 10.0 Å². The van der Waals surface area contributed by atoms with Crippen LogP contribution in [0.25, 0.3) is 16.8 Å². The first-order chi connectivity index (χ1) is 13.1. The lowest BCUT2D eigenvalue weighted by Gasteiger charge is -2.09. The zero-order chi connectivity index (χ0) is 19.1. The van der Waals surface area contributed by atoms with Crippen LogP contribution in [0.4, 0.5) is 0 Å². The van der Waals surface area contributed by atoms with E-state index < -0.39 is 10.0 Å². The predicted octanol–water partition coefficient (Wildman–Crippen LogP) is 3.12. The Labute approximate surface area is 160 Å². The van der Waals surface area contributed by atoms with Crippen molar-refractivity contribution < 1.29 is 8.42 Å². The van der Waals surface area contributed by atoms with E-state index in [1.165, 1.54) is 5.56 Å². The number of nitrogens with one attached hydrogen (secondary N) is 2. The normalized spacial score (nSPS) is 12.0. The molecule has 0 bridgehead atoms. The maximum absolute atomic E-state index is 12.6. The van der Waals surface area contributed by atoms with Crippen LogP contribution in [0.1, 0.15) is 11.1 Å². The first-order valence-corrected chi connectivity index (χ1v) is 10.3. The maximum Gasteiger partial charge on any atom is 0.241 e. The number of hydrogen-bond acceptors (Lipinski definition) is 4. The van der Waals surface area contributed by atoms with Gasteiger partial charge in [0, 0.05) is 42.8 Å². The van der Waals surface area contributed by atoms with Gasteiger partial charge in [-0.05, 0) is 24.6 Å². The Hall–Kier alpha value is -2.54. The summed E-state index contributed by atoms with van der Waals surface area (Å²) < 4.78 is 27.8. The molecular formula is C21H23N3O2S. The van der Waals surface area contributed by atoms with E-state index in [1.54, 1.807) is 30.6 Å². The molecule has 0 amide bonds. The van der Waals surface area contributed by atoms with Gasteiger partial charge in [-0.2, -0.15) is 0 Å². The molecule has 0 atom stereocenters. The number of benzene rings is 2. The SMILES string of the molecule is Cc1ccc(C=CCNCCNS(=O)(=O)c2cccc3cnccc23)cc1. The number of aryl methyl sites for hydroxylation is 1. The average Bonchev–Trinajstić information content (AvgIpc) is 2.68. The van der Waals surface area contributed by atoms with Gasteiger partial charge in [0.1, 0.15) is 0 Å². The molecule has 5 nitrogen and oxygen atoms in total. The van der Waals surface area contributed by atoms with Crippen LogP contribution in [0.15, 0.2) is 71.9 Å². The number of fused-ring (bicyclic) bond motifs is 1. The van der Waals surface area contributed by atoms with Crippen molar-refractivity contribution in [2.75, 3.05) is 19.6 Å². The molecular weight excluding hydrogens is 358 g/mol. The highest BCUT2D eigenvalue weighted by Crippen LogP contribution is 2.21. The zero-order valence-electron chi connectivity index (χ0n) is 15.2. The molecule has 140 valence electrons. The summed E-state index contributed by atoms with van der Waals surface area (Å²) in [5, 5.41) is 4.68. The summed E-state index contributed by atoms with van der Waals surface area (Å²) in [6, 6.07) is 15.2.